The van der Waals surface area contributed by atoms with Gasteiger partial charge in [-0.05, 0) is 18.6 Å². The Balaban J connectivity index is 2.18. The molecule has 1 aromatic rings. The minimum Gasteiger partial charge on any atom is -0.493 e. The van der Waals surface area contributed by atoms with Gasteiger partial charge in [0.2, 0.25) is 11.7 Å². The van der Waals surface area contributed by atoms with Crippen LogP contribution in [0.3, 0.4) is 0 Å². The topological polar surface area (TPSA) is 98.3 Å². The zero-order valence-corrected chi connectivity index (χ0v) is 21.4. The minimum atomic E-state index is -0.393. The van der Waals surface area contributed by atoms with Gasteiger partial charge in [-0.2, -0.15) is 5.10 Å². The Kier molecular flexibility index (Phi) is 16.0. The highest BCUT2D eigenvalue weighted by molar-refractivity contribution is 5.87. The molecule has 34 heavy (non-hydrogen) atoms. The van der Waals surface area contributed by atoms with Gasteiger partial charge in [0, 0.05) is 12.0 Å². The zero-order chi connectivity index (χ0) is 25.0. The smallest absolute Gasteiger partial charge is 0.259 e. The number of carbonyl (C=O) groups excluding carboxylic acids is 2. The van der Waals surface area contributed by atoms with Crippen molar-refractivity contribution in [2.45, 2.75) is 84.0 Å². The van der Waals surface area contributed by atoms with Gasteiger partial charge in [0.05, 0.1) is 34.1 Å². The van der Waals surface area contributed by atoms with Crippen molar-refractivity contribution in [1.29, 1.82) is 0 Å². The van der Waals surface area contributed by atoms with Gasteiger partial charge in [0.15, 0.2) is 11.5 Å². The van der Waals surface area contributed by atoms with Crippen LogP contribution in [0.2, 0.25) is 0 Å². The first-order valence-electron chi connectivity index (χ1n) is 12.4. The first kappa shape index (κ1) is 29.3. The molecule has 0 aliphatic carbocycles. The molecule has 2 amide bonds. The molecule has 1 aromatic carbocycles. The summed E-state index contributed by atoms with van der Waals surface area (Å²) in [5, 5.41) is 6.57. The highest BCUT2D eigenvalue weighted by Gasteiger charge is 2.12. The number of rotatable bonds is 19. The molecule has 0 radical (unpaired) electrons. The van der Waals surface area contributed by atoms with E-state index in [1.165, 1.54) is 85.3 Å². The molecule has 0 aliphatic heterocycles. The number of benzene rings is 1. The van der Waals surface area contributed by atoms with Gasteiger partial charge in [0.25, 0.3) is 5.91 Å². The molecule has 0 spiro atoms. The molecule has 0 saturated heterocycles. The highest BCUT2D eigenvalue weighted by Crippen LogP contribution is 2.37. The fraction of sp³-hybridized carbons (Fsp3) is 0.654. The van der Waals surface area contributed by atoms with Crippen molar-refractivity contribution in [3.05, 3.63) is 17.7 Å². The van der Waals surface area contributed by atoms with Crippen molar-refractivity contribution in [2.24, 2.45) is 5.10 Å². The molecule has 0 aromatic heterocycles. The van der Waals surface area contributed by atoms with E-state index in [1.54, 1.807) is 12.1 Å². The van der Waals surface area contributed by atoms with Crippen LogP contribution in [0, 0.1) is 0 Å². The first-order chi connectivity index (χ1) is 16.5. The van der Waals surface area contributed by atoms with Gasteiger partial charge in [-0.15, -0.1) is 0 Å². The Hall–Kier alpha value is -2.77. The second-order valence-electron chi connectivity index (χ2n) is 8.31. The number of amides is 2. The fourth-order valence-corrected chi connectivity index (χ4v) is 3.61. The number of carbonyl (C=O) groups is 2. The Bertz CT molecular complexity index is 727. The molecule has 8 nitrogen and oxygen atoms in total. The lowest BCUT2D eigenvalue weighted by Gasteiger charge is -2.12. The molecule has 0 atom stereocenters. The molecule has 8 heteroatoms. The molecule has 0 bridgehead atoms. The normalized spacial score (nSPS) is 10.8. The van der Waals surface area contributed by atoms with E-state index in [4.69, 9.17) is 14.2 Å². The maximum Gasteiger partial charge on any atom is 0.259 e. The lowest BCUT2D eigenvalue weighted by Crippen LogP contribution is -2.34. The average Bonchev–Trinajstić information content (AvgIpc) is 2.85. The maximum absolute atomic E-state index is 11.9. The summed E-state index contributed by atoms with van der Waals surface area (Å²) in [6.45, 7) is 2.13. The highest BCUT2D eigenvalue weighted by atomic mass is 16.5. The third-order valence-electron chi connectivity index (χ3n) is 5.54. The summed E-state index contributed by atoms with van der Waals surface area (Å²) in [6.07, 6.45) is 15.5. The standard InChI is InChI=1S/C26H43N3O5/c1-5-6-7-8-9-10-11-12-13-14-15-16-24(30)27-20-25(31)29-28-19-21-17-22(32-2)26(34-4)23(18-21)33-3/h17-19H,5-16,20H2,1-4H3,(H,27,30)(H,29,31)/b28-19+. The van der Waals surface area contributed by atoms with Crippen LogP contribution in [0.1, 0.15) is 89.5 Å². The van der Waals surface area contributed by atoms with E-state index in [0.717, 1.165) is 12.8 Å². The van der Waals surface area contributed by atoms with E-state index in [1.807, 2.05) is 0 Å². The molecule has 0 aliphatic rings. The van der Waals surface area contributed by atoms with Crippen molar-refractivity contribution in [3.63, 3.8) is 0 Å². The summed E-state index contributed by atoms with van der Waals surface area (Å²) >= 11 is 0. The molecule has 1 rings (SSSR count). The first-order valence-corrected chi connectivity index (χ1v) is 12.4. The number of nitrogens with zero attached hydrogens (tertiary/aromatic N) is 1. The van der Waals surface area contributed by atoms with Crippen molar-refractivity contribution >= 4 is 18.0 Å². The molecule has 2 N–H and O–H groups in total. The summed E-state index contributed by atoms with van der Waals surface area (Å²) in [6, 6.07) is 3.43. The fourth-order valence-electron chi connectivity index (χ4n) is 3.61. The SMILES string of the molecule is CCCCCCCCCCCCCC(=O)NCC(=O)N/N=C/c1cc(OC)c(OC)c(OC)c1. The van der Waals surface area contributed by atoms with E-state index in [9.17, 15) is 9.59 Å². The average molecular weight is 478 g/mol. The molecule has 0 unspecified atom stereocenters. The predicted octanol–water partition coefficient (Wildman–Crippen LogP) is 4.98. The van der Waals surface area contributed by atoms with Crippen molar-refractivity contribution in [1.82, 2.24) is 10.7 Å². The number of hydrogen-bond acceptors (Lipinski definition) is 6. The number of nitrogens with one attached hydrogen (secondary N) is 2. The van der Waals surface area contributed by atoms with Crippen LogP contribution in [-0.2, 0) is 9.59 Å². The third-order valence-corrected chi connectivity index (χ3v) is 5.54. The number of ether oxygens (including phenoxy) is 3. The molecular formula is C26H43N3O5. The molecule has 0 saturated carbocycles. The molecule has 192 valence electrons. The van der Waals surface area contributed by atoms with E-state index in [0.29, 0.717) is 29.2 Å². The van der Waals surface area contributed by atoms with Crippen LogP contribution in [-0.4, -0.2) is 45.9 Å². The summed E-state index contributed by atoms with van der Waals surface area (Å²) in [4.78, 5) is 23.9. The van der Waals surface area contributed by atoms with Crippen LogP contribution in [0.15, 0.2) is 17.2 Å². The molecular weight excluding hydrogens is 434 g/mol. The summed E-state index contributed by atoms with van der Waals surface area (Å²) in [5.74, 6) is 0.955. The monoisotopic (exact) mass is 477 g/mol. The van der Waals surface area contributed by atoms with E-state index < -0.39 is 5.91 Å². The van der Waals surface area contributed by atoms with Gasteiger partial charge in [-0.25, -0.2) is 5.43 Å². The van der Waals surface area contributed by atoms with E-state index >= 15 is 0 Å². The van der Waals surface area contributed by atoms with E-state index in [-0.39, 0.29) is 12.5 Å². The number of hydrazone groups is 1. The Morgan fingerprint density at radius 2 is 1.32 bits per heavy atom. The Labute approximate surface area is 204 Å². The second kappa shape index (κ2) is 18.6. The van der Waals surface area contributed by atoms with Crippen LogP contribution in [0.5, 0.6) is 17.2 Å². The van der Waals surface area contributed by atoms with Crippen LogP contribution in [0.25, 0.3) is 0 Å². The number of unbranched alkanes of at least 4 members (excludes halogenated alkanes) is 10. The van der Waals surface area contributed by atoms with Crippen LogP contribution in [0.4, 0.5) is 0 Å². The third kappa shape index (κ3) is 12.5. The predicted molar refractivity (Wildman–Crippen MR) is 136 cm³/mol. The lowest BCUT2D eigenvalue weighted by atomic mass is 10.1. The van der Waals surface area contributed by atoms with Crippen molar-refractivity contribution in [3.8, 4) is 17.2 Å². The van der Waals surface area contributed by atoms with E-state index in [2.05, 4.69) is 22.8 Å². The van der Waals surface area contributed by atoms with Crippen molar-refractivity contribution in [2.75, 3.05) is 27.9 Å². The van der Waals surface area contributed by atoms with Gasteiger partial charge in [0.1, 0.15) is 0 Å². The lowest BCUT2D eigenvalue weighted by molar-refractivity contribution is -0.126. The summed E-state index contributed by atoms with van der Waals surface area (Å²) in [7, 11) is 4.58. The minimum absolute atomic E-state index is 0.108. The molecule has 0 heterocycles. The molecule has 0 fully saturated rings. The van der Waals surface area contributed by atoms with Gasteiger partial charge in [-0.1, -0.05) is 71.1 Å². The van der Waals surface area contributed by atoms with Gasteiger partial charge >= 0.3 is 0 Å². The van der Waals surface area contributed by atoms with Crippen molar-refractivity contribution < 1.29 is 23.8 Å². The second-order valence-corrected chi connectivity index (χ2v) is 8.31. The summed E-state index contributed by atoms with van der Waals surface area (Å²) < 4.78 is 15.9. The van der Waals surface area contributed by atoms with Crippen LogP contribution < -0.4 is 25.0 Å². The van der Waals surface area contributed by atoms with Gasteiger partial charge in [-0.3, -0.25) is 9.59 Å². The quantitative estimate of drug-likeness (QED) is 0.166. The summed E-state index contributed by atoms with van der Waals surface area (Å²) in [5.41, 5.74) is 3.07. The zero-order valence-electron chi connectivity index (χ0n) is 21.4. The number of methoxy groups -OCH3 is 3. The Morgan fingerprint density at radius 1 is 0.794 bits per heavy atom. The largest absolute Gasteiger partial charge is 0.493 e. The van der Waals surface area contributed by atoms with Crippen LogP contribution >= 0.6 is 0 Å². The number of hydrogen-bond donors (Lipinski definition) is 2. The maximum atomic E-state index is 11.9. The Morgan fingerprint density at radius 3 is 1.82 bits per heavy atom. The van der Waals surface area contributed by atoms with Gasteiger partial charge < -0.3 is 19.5 Å².